The molecular formula is C17H19N5O3. The first-order valence-corrected chi connectivity index (χ1v) is 8.30. The molecule has 8 nitrogen and oxygen atoms in total. The zero-order valence-electron chi connectivity index (χ0n) is 13.9. The van der Waals surface area contributed by atoms with Gasteiger partial charge in [-0.2, -0.15) is 5.10 Å². The van der Waals surface area contributed by atoms with Gasteiger partial charge in [0.2, 0.25) is 11.8 Å². The minimum Gasteiger partial charge on any atom is -0.366 e. The number of hydrogen-bond acceptors (Lipinski definition) is 5. The number of nitrogens with zero attached hydrogens (tertiary/aromatic N) is 3. The first-order valence-electron chi connectivity index (χ1n) is 8.30. The molecule has 0 radical (unpaired) electrons. The standard InChI is InChI=1S/C17H19N5O3/c1-10-18-16(21-20-10)14-9-22(6-7-25-14)17(24)12-8-15(23)19-13-5-3-2-4-11(12)13/h2-5,12,14H,6-9H2,1H3,(H,19,23)(H,18,20,21). The van der Waals surface area contributed by atoms with Crippen LogP contribution in [0.15, 0.2) is 24.3 Å². The van der Waals surface area contributed by atoms with Gasteiger partial charge >= 0.3 is 0 Å². The Hall–Kier alpha value is -2.74. The number of ether oxygens (including phenoxy) is 1. The van der Waals surface area contributed by atoms with Crippen LogP contribution in [0.5, 0.6) is 0 Å². The molecule has 0 spiro atoms. The summed E-state index contributed by atoms with van der Waals surface area (Å²) in [7, 11) is 0. The monoisotopic (exact) mass is 341 g/mol. The number of fused-ring (bicyclic) bond motifs is 1. The fraction of sp³-hybridized carbons (Fsp3) is 0.412. The molecular weight excluding hydrogens is 322 g/mol. The van der Waals surface area contributed by atoms with Crippen molar-refractivity contribution in [3.8, 4) is 0 Å². The summed E-state index contributed by atoms with van der Waals surface area (Å²) in [4.78, 5) is 31.1. The van der Waals surface area contributed by atoms with Crippen LogP contribution >= 0.6 is 0 Å². The van der Waals surface area contributed by atoms with Gasteiger partial charge in [-0.05, 0) is 18.6 Å². The molecule has 1 aromatic carbocycles. The Morgan fingerprint density at radius 3 is 3.00 bits per heavy atom. The van der Waals surface area contributed by atoms with Crippen LogP contribution in [-0.4, -0.2) is 51.6 Å². The summed E-state index contributed by atoms with van der Waals surface area (Å²) in [5, 5.41) is 9.75. The summed E-state index contributed by atoms with van der Waals surface area (Å²) in [5.74, 6) is 0.614. The minimum atomic E-state index is -0.461. The first-order chi connectivity index (χ1) is 12.1. The lowest BCUT2D eigenvalue weighted by molar-refractivity contribution is -0.142. The van der Waals surface area contributed by atoms with Crippen LogP contribution in [0.4, 0.5) is 5.69 Å². The SMILES string of the molecule is Cc1nc(C2CN(C(=O)C3CC(=O)Nc4ccccc43)CCO2)n[nH]1. The fourth-order valence-corrected chi connectivity index (χ4v) is 3.36. The maximum atomic E-state index is 13.1. The smallest absolute Gasteiger partial charge is 0.230 e. The minimum absolute atomic E-state index is 0.0529. The van der Waals surface area contributed by atoms with Crippen molar-refractivity contribution in [3.05, 3.63) is 41.5 Å². The van der Waals surface area contributed by atoms with Gasteiger partial charge < -0.3 is 15.0 Å². The van der Waals surface area contributed by atoms with E-state index in [1.54, 1.807) is 4.90 Å². The largest absolute Gasteiger partial charge is 0.366 e. The number of nitrogens with one attached hydrogen (secondary N) is 2. The molecule has 2 unspecified atom stereocenters. The van der Waals surface area contributed by atoms with Crippen molar-refractivity contribution in [2.45, 2.75) is 25.4 Å². The van der Waals surface area contributed by atoms with E-state index in [1.165, 1.54) is 0 Å². The Balaban J connectivity index is 1.55. The predicted molar refractivity (Wildman–Crippen MR) is 88.8 cm³/mol. The number of H-pyrrole nitrogens is 1. The van der Waals surface area contributed by atoms with E-state index in [-0.39, 0.29) is 24.3 Å². The molecule has 0 bridgehead atoms. The summed E-state index contributed by atoms with van der Waals surface area (Å²) in [6, 6.07) is 7.45. The highest BCUT2D eigenvalue weighted by molar-refractivity contribution is 6.01. The molecule has 3 heterocycles. The third-order valence-electron chi connectivity index (χ3n) is 4.58. The number of carbonyl (C=O) groups is 2. The Morgan fingerprint density at radius 2 is 2.20 bits per heavy atom. The third-order valence-corrected chi connectivity index (χ3v) is 4.58. The Morgan fingerprint density at radius 1 is 1.36 bits per heavy atom. The Labute approximate surface area is 144 Å². The number of benzene rings is 1. The van der Waals surface area contributed by atoms with Gasteiger partial charge in [-0.25, -0.2) is 4.98 Å². The average molecular weight is 341 g/mol. The molecule has 130 valence electrons. The lowest BCUT2D eigenvalue weighted by atomic mass is 9.89. The number of aryl methyl sites for hydroxylation is 1. The van der Waals surface area contributed by atoms with Crippen LogP contribution in [0.1, 0.15) is 35.7 Å². The number of carbonyl (C=O) groups excluding carboxylic acids is 2. The second-order valence-electron chi connectivity index (χ2n) is 6.31. The predicted octanol–water partition coefficient (Wildman–Crippen LogP) is 1.14. The topological polar surface area (TPSA) is 100 Å². The fourth-order valence-electron chi connectivity index (χ4n) is 3.36. The zero-order chi connectivity index (χ0) is 17.4. The molecule has 2 aliphatic heterocycles. The van der Waals surface area contributed by atoms with Gasteiger partial charge in [0.1, 0.15) is 11.9 Å². The molecule has 4 rings (SSSR count). The number of aromatic amines is 1. The van der Waals surface area contributed by atoms with E-state index >= 15 is 0 Å². The number of para-hydroxylation sites is 1. The highest BCUT2D eigenvalue weighted by atomic mass is 16.5. The van der Waals surface area contributed by atoms with Crippen LogP contribution in [0.25, 0.3) is 0 Å². The van der Waals surface area contributed by atoms with Crippen LogP contribution in [-0.2, 0) is 14.3 Å². The van der Waals surface area contributed by atoms with Crippen molar-refractivity contribution in [1.29, 1.82) is 0 Å². The lowest BCUT2D eigenvalue weighted by Gasteiger charge is -2.35. The van der Waals surface area contributed by atoms with Crippen LogP contribution < -0.4 is 5.32 Å². The van der Waals surface area contributed by atoms with Crippen molar-refractivity contribution in [1.82, 2.24) is 20.1 Å². The van der Waals surface area contributed by atoms with Gasteiger partial charge in [-0.1, -0.05) is 18.2 Å². The molecule has 2 aliphatic rings. The second kappa shape index (κ2) is 6.29. The van der Waals surface area contributed by atoms with Crippen LogP contribution in [0.2, 0.25) is 0 Å². The number of amides is 2. The van der Waals surface area contributed by atoms with Gasteiger partial charge in [0.15, 0.2) is 5.82 Å². The van der Waals surface area contributed by atoms with Crippen molar-refractivity contribution < 1.29 is 14.3 Å². The molecule has 25 heavy (non-hydrogen) atoms. The van der Waals surface area contributed by atoms with E-state index in [1.807, 2.05) is 31.2 Å². The lowest BCUT2D eigenvalue weighted by Crippen LogP contribution is -2.46. The van der Waals surface area contributed by atoms with Crippen molar-refractivity contribution in [2.75, 3.05) is 25.0 Å². The van der Waals surface area contributed by atoms with E-state index in [0.29, 0.717) is 37.0 Å². The number of morpholine rings is 1. The third kappa shape index (κ3) is 3.00. The molecule has 2 atom stereocenters. The van der Waals surface area contributed by atoms with Crippen molar-refractivity contribution in [3.63, 3.8) is 0 Å². The van der Waals surface area contributed by atoms with Crippen molar-refractivity contribution >= 4 is 17.5 Å². The molecule has 1 saturated heterocycles. The number of rotatable bonds is 2. The molecule has 8 heteroatoms. The molecule has 1 aromatic heterocycles. The van der Waals surface area contributed by atoms with E-state index in [2.05, 4.69) is 20.5 Å². The normalized spacial score (nSPS) is 23.1. The molecule has 2 amide bonds. The summed E-state index contributed by atoms with van der Waals surface area (Å²) < 4.78 is 5.72. The van der Waals surface area contributed by atoms with Gasteiger partial charge in [0, 0.05) is 18.7 Å². The maximum Gasteiger partial charge on any atom is 0.230 e. The van der Waals surface area contributed by atoms with Crippen LogP contribution in [0, 0.1) is 6.92 Å². The molecule has 0 aliphatic carbocycles. The molecule has 0 saturated carbocycles. The molecule has 2 N–H and O–H groups in total. The Bertz CT molecular complexity index is 818. The second-order valence-corrected chi connectivity index (χ2v) is 6.31. The highest BCUT2D eigenvalue weighted by Crippen LogP contribution is 2.34. The van der Waals surface area contributed by atoms with Gasteiger partial charge in [-0.3, -0.25) is 14.7 Å². The van der Waals surface area contributed by atoms with Crippen molar-refractivity contribution in [2.24, 2.45) is 0 Å². The molecule has 2 aromatic rings. The average Bonchev–Trinajstić information content (AvgIpc) is 3.07. The number of anilines is 1. The van der Waals surface area contributed by atoms with E-state index in [4.69, 9.17) is 4.74 Å². The summed E-state index contributed by atoms with van der Waals surface area (Å²) in [6.45, 7) is 3.12. The Kier molecular flexibility index (Phi) is 3.96. The summed E-state index contributed by atoms with van der Waals surface area (Å²) >= 11 is 0. The maximum absolute atomic E-state index is 13.1. The first kappa shape index (κ1) is 15.8. The van der Waals surface area contributed by atoms with E-state index < -0.39 is 5.92 Å². The summed E-state index contributed by atoms with van der Waals surface area (Å²) in [5.41, 5.74) is 1.58. The molecule has 1 fully saturated rings. The number of hydrogen-bond donors (Lipinski definition) is 2. The summed E-state index contributed by atoms with van der Waals surface area (Å²) in [6.07, 6.45) is -0.187. The zero-order valence-corrected chi connectivity index (χ0v) is 13.9. The van der Waals surface area contributed by atoms with E-state index in [9.17, 15) is 9.59 Å². The highest BCUT2D eigenvalue weighted by Gasteiger charge is 2.36. The quantitative estimate of drug-likeness (QED) is 0.853. The van der Waals surface area contributed by atoms with Gasteiger partial charge in [0.05, 0.1) is 19.1 Å². The van der Waals surface area contributed by atoms with Gasteiger partial charge in [0.25, 0.3) is 0 Å². The van der Waals surface area contributed by atoms with Crippen LogP contribution in [0.3, 0.4) is 0 Å². The number of aromatic nitrogens is 3. The van der Waals surface area contributed by atoms with E-state index in [0.717, 1.165) is 5.56 Å². The van der Waals surface area contributed by atoms with Gasteiger partial charge in [-0.15, -0.1) is 0 Å².